The molecule has 2 unspecified atom stereocenters. The van der Waals surface area contributed by atoms with Crippen LogP contribution >= 0.6 is 0 Å². The minimum absolute atomic E-state index is 0.0000870. The van der Waals surface area contributed by atoms with Crippen LogP contribution in [-0.2, 0) is 4.79 Å². The number of fused-ring (bicyclic) bond motifs is 1. The Balaban J connectivity index is 1.62. The Morgan fingerprint density at radius 1 is 1.19 bits per heavy atom. The van der Waals surface area contributed by atoms with E-state index < -0.39 is 6.04 Å². The number of aromatic nitrogens is 1. The lowest BCUT2D eigenvalue weighted by Crippen LogP contribution is -2.49. The third-order valence-corrected chi connectivity index (χ3v) is 5.20. The van der Waals surface area contributed by atoms with Crippen LogP contribution in [-0.4, -0.2) is 46.9 Å². The molecule has 2 atom stereocenters. The van der Waals surface area contributed by atoms with Gasteiger partial charge >= 0.3 is 0 Å². The molecule has 1 aliphatic heterocycles. The maximum atomic E-state index is 12.7. The van der Waals surface area contributed by atoms with Gasteiger partial charge in [0, 0.05) is 30.7 Å². The minimum Gasteiger partial charge on any atom is -0.348 e. The van der Waals surface area contributed by atoms with Crippen molar-refractivity contribution >= 4 is 22.6 Å². The monoisotopic (exact) mass is 354 g/mol. The summed E-state index contributed by atoms with van der Waals surface area (Å²) in [5, 5.41) is 4.96. The van der Waals surface area contributed by atoms with Crippen molar-refractivity contribution in [3.8, 4) is 0 Å². The van der Waals surface area contributed by atoms with Crippen molar-refractivity contribution in [2.24, 2.45) is 11.7 Å². The van der Waals surface area contributed by atoms with E-state index in [1.54, 1.807) is 13.1 Å². The molecule has 6 heteroatoms. The van der Waals surface area contributed by atoms with Gasteiger partial charge in [-0.25, -0.2) is 0 Å². The maximum absolute atomic E-state index is 12.7. The largest absolute Gasteiger partial charge is 0.348 e. The summed E-state index contributed by atoms with van der Waals surface area (Å²) in [6.07, 6.45) is 3.39. The van der Waals surface area contributed by atoms with Crippen molar-refractivity contribution in [2.75, 3.05) is 13.1 Å². The third-order valence-electron chi connectivity index (χ3n) is 5.20. The van der Waals surface area contributed by atoms with E-state index in [1.807, 2.05) is 42.2 Å². The molecule has 3 N–H and O–H groups in total. The van der Waals surface area contributed by atoms with Crippen molar-refractivity contribution in [3.05, 3.63) is 42.2 Å². The van der Waals surface area contributed by atoms with Crippen molar-refractivity contribution in [2.45, 2.75) is 38.8 Å². The second-order valence-corrected chi connectivity index (χ2v) is 7.09. The first-order valence-corrected chi connectivity index (χ1v) is 9.16. The van der Waals surface area contributed by atoms with E-state index in [0.717, 1.165) is 23.6 Å². The lowest BCUT2D eigenvalue weighted by molar-refractivity contribution is -0.133. The van der Waals surface area contributed by atoms with E-state index in [-0.39, 0.29) is 17.9 Å². The Morgan fingerprint density at radius 3 is 2.58 bits per heavy atom. The van der Waals surface area contributed by atoms with Gasteiger partial charge in [-0.15, -0.1) is 0 Å². The summed E-state index contributed by atoms with van der Waals surface area (Å²) in [5.41, 5.74) is 6.14. The van der Waals surface area contributed by atoms with Crippen LogP contribution in [0.25, 0.3) is 10.8 Å². The maximum Gasteiger partial charge on any atom is 0.270 e. The molecule has 138 valence electrons. The summed E-state index contributed by atoms with van der Waals surface area (Å²) in [4.78, 5) is 30.8. The number of likely N-dealkylation sites (tertiary alicyclic amines) is 1. The average Bonchev–Trinajstić information content (AvgIpc) is 2.66. The molecule has 1 aromatic carbocycles. The molecule has 6 nitrogen and oxygen atoms in total. The molecule has 0 spiro atoms. The van der Waals surface area contributed by atoms with E-state index in [1.165, 1.54) is 0 Å². The summed E-state index contributed by atoms with van der Waals surface area (Å²) in [6.45, 7) is 5.13. The fourth-order valence-electron chi connectivity index (χ4n) is 3.60. The van der Waals surface area contributed by atoms with Gasteiger partial charge in [-0.05, 0) is 44.1 Å². The zero-order chi connectivity index (χ0) is 18.7. The van der Waals surface area contributed by atoms with Crippen molar-refractivity contribution in [3.63, 3.8) is 0 Å². The number of benzene rings is 1. The van der Waals surface area contributed by atoms with Gasteiger partial charge in [0.2, 0.25) is 5.91 Å². The molecular weight excluding hydrogens is 328 g/mol. The van der Waals surface area contributed by atoms with E-state index >= 15 is 0 Å². The topological polar surface area (TPSA) is 88.3 Å². The third kappa shape index (κ3) is 3.85. The molecule has 0 radical (unpaired) electrons. The highest BCUT2D eigenvalue weighted by Gasteiger charge is 2.28. The first-order valence-electron chi connectivity index (χ1n) is 9.16. The average molecular weight is 354 g/mol. The Bertz CT molecular complexity index is 792. The number of pyridine rings is 1. The molecule has 0 saturated carbocycles. The van der Waals surface area contributed by atoms with E-state index in [2.05, 4.69) is 10.3 Å². The quantitative estimate of drug-likeness (QED) is 0.878. The Morgan fingerprint density at radius 2 is 1.88 bits per heavy atom. The van der Waals surface area contributed by atoms with Crippen molar-refractivity contribution in [1.82, 2.24) is 15.2 Å². The number of carbonyl (C=O) groups excluding carboxylic acids is 2. The fraction of sp³-hybridized carbons (Fsp3) is 0.450. The van der Waals surface area contributed by atoms with E-state index in [4.69, 9.17) is 5.73 Å². The van der Waals surface area contributed by atoms with Crippen molar-refractivity contribution in [1.29, 1.82) is 0 Å². The van der Waals surface area contributed by atoms with Crippen molar-refractivity contribution < 1.29 is 9.59 Å². The summed E-state index contributed by atoms with van der Waals surface area (Å²) < 4.78 is 0. The number of hydrogen-bond donors (Lipinski definition) is 2. The predicted octanol–water partition coefficient (Wildman–Crippen LogP) is 1.94. The highest BCUT2D eigenvalue weighted by Crippen LogP contribution is 2.22. The molecular formula is C20H26N4O2. The molecule has 2 amide bonds. The first kappa shape index (κ1) is 18.3. The number of rotatable bonds is 4. The second-order valence-electron chi connectivity index (χ2n) is 7.09. The molecule has 0 bridgehead atoms. The molecule has 1 fully saturated rings. The summed E-state index contributed by atoms with van der Waals surface area (Å²) in [7, 11) is 0. The Hall–Kier alpha value is -2.47. The van der Waals surface area contributed by atoms with E-state index in [0.29, 0.717) is 24.7 Å². The van der Waals surface area contributed by atoms with Crippen LogP contribution in [0, 0.1) is 5.92 Å². The lowest BCUT2D eigenvalue weighted by Gasteiger charge is -2.35. The molecule has 2 aromatic rings. The number of amides is 2. The van der Waals surface area contributed by atoms with Crippen LogP contribution < -0.4 is 11.1 Å². The van der Waals surface area contributed by atoms with Gasteiger partial charge in [-0.3, -0.25) is 14.6 Å². The highest BCUT2D eigenvalue weighted by molar-refractivity contribution is 6.05. The van der Waals surface area contributed by atoms with Crippen LogP contribution in [0.3, 0.4) is 0 Å². The van der Waals surface area contributed by atoms with Gasteiger partial charge in [-0.1, -0.05) is 24.3 Å². The van der Waals surface area contributed by atoms with E-state index in [9.17, 15) is 9.59 Å². The molecule has 1 aromatic heterocycles. The number of nitrogens with two attached hydrogens (primary N) is 1. The Kier molecular flexibility index (Phi) is 5.52. The molecule has 3 rings (SSSR count). The van der Waals surface area contributed by atoms with Crippen LogP contribution in [0.1, 0.15) is 37.2 Å². The number of carbonyl (C=O) groups is 2. The fourth-order valence-corrected chi connectivity index (χ4v) is 3.60. The van der Waals surface area contributed by atoms with Gasteiger partial charge in [0.25, 0.3) is 5.91 Å². The summed E-state index contributed by atoms with van der Waals surface area (Å²) in [6, 6.07) is 9.22. The van der Waals surface area contributed by atoms with Crippen LogP contribution in [0.15, 0.2) is 36.5 Å². The number of nitrogens with zero attached hydrogens (tertiary/aromatic N) is 2. The van der Waals surface area contributed by atoms with Gasteiger partial charge in [-0.2, -0.15) is 0 Å². The standard InChI is InChI=1S/C20H26N4O2/c1-13(21)20(26)24-11-8-15(9-12-24)14(2)23-19(25)18-17-6-4-3-5-16(17)7-10-22-18/h3-7,10,13-15H,8-9,11-12,21H2,1-2H3,(H,23,25). The summed E-state index contributed by atoms with van der Waals surface area (Å²) >= 11 is 0. The smallest absolute Gasteiger partial charge is 0.270 e. The van der Waals surface area contributed by atoms with Crippen LogP contribution in [0.2, 0.25) is 0 Å². The van der Waals surface area contributed by atoms with Gasteiger partial charge in [0.1, 0.15) is 5.69 Å². The first-order chi connectivity index (χ1) is 12.5. The zero-order valence-electron chi connectivity index (χ0n) is 15.3. The zero-order valence-corrected chi connectivity index (χ0v) is 15.3. The predicted molar refractivity (Wildman–Crippen MR) is 102 cm³/mol. The molecule has 1 saturated heterocycles. The van der Waals surface area contributed by atoms with Crippen LogP contribution in [0.4, 0.5) is 0 Å². The van der Waals surface area contributed by atoms with Gasteiger partial charge in [0.15, 0.2) is 0 Å². The Labute approximate surface area is 153 Å². The molecule has 2 heterocycles. The SMILES string of the molecule is CC(N)C(=O)N1CCC(C(C)NC(=O)c2nccc3ccccc23)CC1. The summed E-state index contributed by atoms with van der Waals surface area (Å²) in [5.74, 6) is 0.189. The highest BCUT2D eigenvalue weighted by atomic mass is 16.2. The van der Waals surface area contributed by atoms with Crippen LogP contribution in [0.5, 0.6) is 0 Å². The number of piperidine rings is 1. The minimum atomic E-state index is -0.457. The van der Waals surface area contributed by atoms with Gasteiger partial charge in [0.05, 0.1) is 6.04 Å². The molecule has 1 aliphatic rings. The molecule has 26 heavy (non-hydrogen) atoms. The number of nitrogens with one attached hydrogen (secondary N) is 1. The lowest BCUT2D eigenvalue weighted by atomic mass is 9.90. The second kappa shape index (κ2) is 7.83. The number of hydrogen-bond acceptors (Lipinski definition) is 4. The van der Waals surface area contributed by atoms with Gasteiger partial charge < -0.3 is 16.0 Å². The molecule has 0 aliphatic carbocycles. The normalized spacial score (nSPS) is 17.7.